The lowest BCUT2D eigenvalue weighted by Gasteiger charge is -2.25. The highest BCUT2D eigenvalue weighted by molar-refractivity contribution is 5.20. The molecule has 1 fully saturated rings. The standard InChI is InChI=1S/C17H27FN2O/c1-2-9-19-17(14-4-3-5-15(18)13-14)8-10-20(11-12-21)16-6-7-16/h3-5,13,16-17,19,21H,2,6-12H2,1H3. The molecule has 2 N–H and O–H groups in total. The van der Waals surface area contributed by atoms with Crippen molar-refractivity contribution in [1.82, 2.24) is 10.2 Å². The minimum atomic E-state index is -0.176. The maximum absolute atomic E-state index is 13.4. The Morgan fingerprint density at radius 3 is 2.81 bits per heavy atom. The van der Waals surface area contributed by atoms with E-state index < -0.39 is 0 Å². The lowest BCUT2D eigenvalue weighted by molar-refractivity contribution is 0.182. The molecule has 0 heterocycles. The summed E-state index contributed by atoms with van der Waals surface area (Å²) < 4.78 is 13.4. The van der Waals surface area contributed by atoms with E-state index in [9.17, 15) is 4.39 Å². The predicted molar refractivity (Wildman–Crippen MR) is 83.7 cm³/mol. The summed E-state index contributed by atoms with van der Waals surface area (Å²) in [5.41, 5.74) is 1.02. The van der Waals surface area contributed by atoms with Crippen LogP contribution in [0, 0.1) is 5.82 Å². The fraction of sp³-hybridized carbons (Fsp3) is 0.647. The SMILES string of the molecule is CCCNC(CCN(CCO)C1CC1)c1cccc(F)c1. The van der Waals surface area contributed by atoms with Crippen LogP contribution in [0.5, 0.6) is 0 Å². The predicted octanol–water partition coefficient (Wildman–Crippen LogP) is 2.71. The van der Waals surface area contributed by atoms with Gasteiger partial charge in [0.2, 0.25) is 0 Å². The highest BCUT2D eigenvalue weighted by Gasteiger charge is 2.28. The van der Waals surface area contributed by atoms with Crippen LogP contribution in [0.2, 0.25) is 0 Å². The van der Waals surface area contributed by atoms with Gasteiger partial charge in [-0.1, -0.05) is 19.1 Å². The van der Waals surface area contributed by atoms with Gasteiger partial charge >= 0.3 is 0 Å². The van der Waals surface area contributed by atoms with Crippen molar-refractivity contribution in [3.63, 3.8) is 0 Å². The monoisotopic (exact) mass is 294 g/mol. The van der Waals surface area contributed by atoms with Gasteiger partial charge < -0.3 is 10.4 Å². The number of nitrogens with zero attached hydrogens (tertiary/aromatic N) is 1. The number of aliphatic hydroxyl groups excluding tert-OH is 1. The summed E-state index contributed by atoms with van der Waals surface area (Å²) in [4.78, 5) is 2.36. The van der Waals surface area contributed by atoms with E-state index >= 15 is 0 Å². The lowest BCUT2D eigenvalue weighted by atomic mass is 10.0. The molecule has 1 aliphatic rings. The summed E-state index contributed by atoms with van der Waals surface area (Å²) in [5.74, 6) is -0.176. The Kier molecular flexibility index (Phi) is 6.61. The first-order valence-corrected chi connectivity index (χ1v) is 8.08. The molecule has 0 amide bonds. The molecule has 0 saturated heterocycles. The number of aliphatic hydroxyl groups is 1. The molecule has 0 aromatic heterocycles. The number of nitrogens with one attached hydrogen (secondary N) is 1. The highest BCUT2D eigenvalue weighted by Crippen LogP contribution is 2.28. The Morgan fingerprint density at radius 2 is 2.19 bits per heavy atom. The van der Waals surface area contributed by atoms with Crippen LogP contribution in [0.25, 0.3) is 0 Å². The van der Waals surface area contributed by atoms with Crippen LogP contribution in [0.4, 0.5) is 4.39 Å². The summed E-state index contributed by atoms with van der Waals surface area (Å²) in [6, 6.07) is 7.71. The van der Waals surface area contributed by atoms with Crippen LogP contribution in [-0.4, -0.2) is 42.3 Å². The van der Waals surface area contributed by atoms with Crippen LogP contribution in [0.15, 0.2) is 24.3 Å². The third-order valence-corrected chi connectivity index (χ3v) is 4.05. The third-order valence-electron chi connectivity index (χ3n) is 4.05. The quantitative estimate of drug-likeness (QED) is 0.696. The summed E-state index contributed by atoms with van der Waals surface area (Å²) in [6.07, 6.45) is 4.49. The average molecular weight is 294 g/mol. The van der Waals surface area contributed by atoms with E-state index in [1.165, 1.54) is 18.9 Å². The van der Waals surface area contributed by atoms with E-state index in [2.05, 4.69) is 17.1 Å². The lowest BCUT2D eigenvalue weighted by Crippen LogP contribution is -2.33. The van der Waals surface area contributed by atoms with E-state index in [1.807, 2.05) is 6.07 Å². The molecule has 2 rings (SSSR count). The molecular formula is C17H27FN2O. The van der Waals surface area contributed by atoms with Crippen molar-refractivity contribution in [2.75, 3.05) is 26.2 Å². The van der Waals surface area contributed by atoms with Gasteiger partial charge in [0, 0.05) is 25.2 Å². The van der Waals surface area contributed by atoms with Gasteiger partial charge in [-0.15, -0.1) is 0 Å². The second-order valence-electron chi connectivity index (χ2n) is 5.84. The molecule has 1 aromatic carbocycles. The maximum atomic E-state index is 13.4. The largest absolute Gasteiger partial charge is 0.395 e. The summed E-state index contributed by atoms with van der Waals surface area (Å²) in [5, 5.41) is 12.7. The van der Waals surface area contributed by atoms with Gasteiger partial charge in [0.1, 0.15) is 5.82 Å². The van der Waals surface area contributed by atoms with Gasteiger partial charge in [-0.2, -0.15) is 0 Å². The number of hydrogen-bond donors (Lipinski definition) is 2. The molecule has 0 bridgehead atoms. The second-order valence-corrected chi connectivity index (χ2v) is 5.84. The van der Waals surface area contributed by atoms with Crippen molar-refractivity contribution in [2.45, 2.75) is 44.7 Å². The summed E-state index contributed by atoms with van der Waals surface area (Å²) in [7, 11) is 0. The fourth-order valence-electron chi connectivity index (χ4n) is 2.77. The van der Waals surface area contributed by atoms with Crippen molar-refractivity contribution < 1.29 is 9.50 Å². The zero-order valence-electron chi connectivity index (χ0n) is 12.9. The van der Waals surface area contributed by atoms with Crippen molar-refractivity contribution in [1.29, 1.82) is 0 Å². The molecule has 1 aliphatic carbocycles. The van der Waals surface area contributed by atoms with Crippen LogP contribution < -0.4 is 5.32 Å². The van der Waals surface area contributed by atoms with Gasteiger partial charge in [0.25, 0.3) is 0 Å². The Hall–Kier alpha value is -0.970. The first-order chi connectivity index (χ1) is 10.2. The zero-order valence-corrected chi connectivity index (χ0v) is 12.9. The molecule has 4 heteroatoms. The van der Waals surface area contributed by atoms with E-state index in [-0.39, 0.29) is 18.5 Å². The second kappa shape index (κ2) is 8.47. The molecule has 0 aliphatic heterocycles. The van der Waals surface area contributed by atoms with E-state index in [4.69, 9.17) is 5.11 Å². The van der Waals surface area contributed by atoms with Crippen LogP contribution in [0.1, 0.15) is 44.2 Å². The zero-order chi connectivity index (χ0) is 15.1. The molecule has 1 saturated carbocycles. The number of hydrogen-bond acceptors (Lipinski definition) is 3. The molecule has 0 radical (unpaired) electrons. The van der Waals surface area contributed by atoms with Crippen molar-refractivity contribution in [2.24, 2.45) is 0 Å². The van der Waals surface area contributed by atoms with Crippen LogP contribution in [0.3, 0.4) is 0 Å². The number of rotatable bonds is 10. The molecule has 21 heavy (non-hydrogen) atoms. The Labute approximate surface area is 127 Å². The van der Waals surface area contributed by atoms with E-state index in [0.29, 0.717) is 6.04 Å². The molecule has 1 aromatic rings. The summed E-state index contributed by atoms with van der Waals surface area (Å²) >= 11 is 0. The Morgan fingerprint density at radius 1 is 1.38 bits per heavy atom. The Bertz CT molecular complexity index is 423. The molecular weight excluding hydrogens is 267 g/mol. The third kappa shape index (κ3) is 5.38. The van der Waals surface area contributed by atoms with Crippen LogP contribution >= 0.6 is 0 Å². The van der Waals surface area contributed by atoms with Crippen molar-refractivity contribution in [3.8, 4) is 0 Å². The normalized spacial score (nSPS) is 16.4. The average Bonchev–Trinajstić information content (AvgIpc) is 3.30. The molecule has 3 nitrogen and oxygen atoms in total. The maximum Gasteiger partial charge on any atom is 0.123 e. The van der Waals surface area contributed by atoms with Crippen molar-refractivity contribution in [3.05, 3.63) is 35.6 Å². The minimum Gasteiger partial charge on any atom is -0.395 e. The minimum absolute atomic E-state index is 0.176. The van der Waals surface area contributed by atoms with Gasteiger partial charge in [-0.05, 0) is 49.9 Å². The molecule has 1 atom stereocenters. The number of halogens is 1. The fourth-order valence-corrected chi connectivity index (χ4v) is 2.77. The van der Waals surface area contributed by atoms with Gasteiger partial charge in [0.15, 0.2) is 0 Å². The van der Waals surface area contributed by atoms with E-state index in [0.717, 1.165) is 38.0 Å². The first-order valence-electron chi connectivity index (χ1n) is 8.08. The van der Waals surface area contributed by atoms with Gasteiger partial charge in [0.05, 0.1) is 6.61 Å². The smallest absolute Gasteiger partial charge is 0.123 e. The summed E-state index contributed by atoms with van der Waals surface area (Å²) in [6.45, 7) is 4.98. The molecule has 1 unspecified atom stereocenters. The van der Waals surface area contributed by atoms with Crippen molar-refractivity contribution >= 4 is 0 Å². The van der Waals surface area contributed by atoms with E-state index in [1.54, 1.807) is 12.1 Å². The highest BCUT2D eigenvalue weighted by atomic mass is 19.1. The van der Waals surface area contributed by atoms with Gasteiger partial charge in [-0.3, -0.25) is 4.90 Å². The first kappa shape index (κ1) is 16.4. The van der Waals surface area contributed by atoms with Crippen LogP contribution in [-0.2, 0) is 0 Å². The van der Waals surface area contributed by atoms with Gasteiger partial charge in [-0.25, -0.2) is 4.39 Å². The number of benzene rings is 1. The molecule has 0 spiro atoms. The molecule has 118 valence electrons. The topological polar surface area (TPSA) is 35.5 Å². The Balaban J connectivity index is 1.95.